The largest absolute Gasteiger partial charge is 0.297 e. The van der Waals surface area contributed by atoms with E-state index in [2.05, 4.69) is 16.0 Å². The fourth-order valence-corrected chi connectivity index (χ4v) is 2.23. The van der Waals surface area contributed by atoms with Gasteiger partial charge in [0.2, 0.25) is 0 Å². The molecule has 4 heteroatoms. The van der Waals surface area contributed by atoms with Gasteiger partial charge in [0, 0.05) is 17.5 Å². The number of aromatic nitrogens is 3. The van der Waals surface area contributed by atoms with Gasteiger partial charge in [0.1, 0.15) is 11.5 Å². The molecule has 18 heavy (non-hydrogen) atoms. The first-order chi connectivity index (χ1) is 8.65. The van der Waals surface area contributed by atoms with E-state index in [1.165, 1.54) is 12.3 Å². The molecule has 3 aromatic heterocycles. The molecule has 0 amide bonds. The van der Waals surface area contributed by atoms with Crippen molar-refractivity contribution in [2.75, 3.05) is 0 Å². The Morgan fingerprint density at radius 1 is 1.06 bits per heavy atom. The zero-order chi connectivity index (χ0) is 12.7. The summed E-state index contributed by atoms with van der Waals surface area (Å²) in [5.41, 5.74) is 4.69. The topological polar surface area (TPSA) is 30.2 Å². The van der Waals surface area contributed by atoms with E-state index in [9.17, 15) is 4.39 Å². The standard InChI is InChI=1S/C14H12FN3/c1-9-3-10(2)18-13(8-17-14(18)4-9)11-5-12(15)7-16-6-11/h3-8H,1-2H3. The highest BCUT2D eigenvalue weighted by atomic mass is 19.1. The zero-order valence-electron chi connectivity index (χ0n) is 10.2. The van der Waals surface area contributed by atoms with Crippen LogP contribution in [0.2, 0.25) is 0 Å². The Morgan fingerprint density at radius 2 is 1.89 bits per heavy atom. The predicted molar refractivity (Wildman–Crippen MR) is 67.9 cm³/mol. The minimum atomic E-state index is -0.341. The number of imidazole rings is 1. The van der Waals surface area contributed by atoms with Crippen molar-refractivity contribution in [2.45, 2.75) is 13.8 Å². The molecule has 3 rings (SSSR count). The quantitative estimate of drug-likeness (QED) is 0.655. The van der Waals surface area contributed by atoms with Gasteiger partial charge in [0.25, 0.3) is 0 Å². The van der Waals surface area contributed by atoms with Crippen LogP contribution in [0.25, 0.3) is 16.9 Å². The molecule has 0 spiro atoms. The molecule has 0 atom stereocenters. The lowest BCUT2D eigenvalue weighted by Gasteiger charge is -2.06. The average Bonchev–Trinajstić information content (AvgIpc) is 2.72. The zero-order valence-corrected chi connectivity index (χ0v) is 10.2. The van der Waals surface area contributed by atoms with Gasteiger partial charge in [0.05, 0.1) is 18.1 Å². The molecule has 0 N–H and O–H groups in total. The molecule has 0 aliphatic rings. The monoisotopic (exact) mass is 241 g/mol. The molecule has 0 aliphatic carbocycles. The third-order valence-corrected chi connectivity index (χ3v) is 2.94. The summed E-state index contributed by atoms with van der Waals surface area (Å²) in [6.07, 6.45) is 4.59. The van der Waals surface area contributed by atoms with Gasteiger partial charge in [-0.1, -0.05) is 0 Å². The molecule has 0 fully saturated rings. The molecule has 3 heterocycles. The van der Waals surface area contributed by atoms with Crippen molar-refractivity contribution in [2.24, 2.45) is 0 Å². The lowest BCUT2D eigenvalue weighted by Crippen LogP contribution is -1.95. The van der Waals surface area contributed by atoms with E-state index >= 15 is 0 Å². The van der Waals surface area contributed by atoms with E-state index in [1.54, 1.807) is 12.4 Å². The molecular weight excluding hydrogens is 229 g/mol. The van der Waals surface area contributed by atoms with Crippen LogP contribution in [0.5, 0.6) is 0 Å². The Bertz CT molecular complexity index is 731. The molecule has 0 unspecified atom stereocenters. The summed E-state index contributed by atoms with van der Waals surface area (Å²) in [5.74, 6) is -0.341. The maximum atomic E-state index is 13.2. The minimum absolute atomic E-state index is 0.341. The van der Waals surface area contributed by atoms with E-state index in [0.29, 0.717) is 0 Å². The number of pyridine rings is 2. The maximum absolute atomic E-state index is 13.2. The van der Waals surface area contributed by atoms with Gasteiger partial charge in [-0.3, -0.25) is 9.38 Å². The van der Waals surface area contributed by atoms with Crippen LogP contribution in [0.1, 0.15) is 11.3 Å². The van der Waals surface area contributed by atoms with Crippen LogP contribution >= 0.6 is 0 Å². The second-order valence-electron chi connectivity index (χ2n) is 4.40. The van der Waals surface area contributed by atoms with Crippen molar-refractivity contribution < 1.29 is 4.39 Å². The second kappa shape index (κ2) is 3.91. The van der Waals surface area contributed by atoms with E-state index in [0.717, 1.165) is 28.2 Å². The summed E-state index contributed by atoms with van der Waals surface area (Å²) in [4.78, 5) is 8.24. The number of rotatable bonds is 1. The van der Waals surface area contributed by atoms with Crippen molar-refractivity contribution in [1.29, 1.82) is 0 Å². The number of fused-ring (bicyclic) bond motifs is 1. The molecule has 0 aromatic carbocycles. The van der Waals surface area contributed by atoms with Crippen LogP contribution in [0.3, 0.4) is 0 Å². The molecule has 0 aliphatic heterocycles. The molecule has 3 nitrogen and oxygen atoms in total. The summed E-state index contributed by atoms with van der Waals surface area (Å²) >= 11 is 0. The van der Waals surface area contributed by atoms with Crippen LogP contribution in [0, 0.1) is 19.7 Å². The highest BCUT2D eigenvalue weighted by Gasteiger charge is 2.09. The molecule has 3 aromatic rings. The van der Waals surface area contributed by atoms with Gasteiger partial charge < -0.3 is 0 Å². The SMILES string of the molecule is Cc1cc(C)n2c(-c3cncc(F)c3)cnc2c1. The molecule has 0 radical (unpaired) electrons. The number of hydrogen-bond donors (Lipinski definition) is 0. The third kappa shape index (κ3) is 1.66. The summed E-state index contributed by atoms with van der Waals surface area (Å²) in [6.45, 7) is 4.04. The molecule has 0 saturated heterocycles. The average molecular weight is 241 g/mol. The van der Waals surface area contributed by atoms with Gasteiger partial charge in [-0.2, -0.15) is 0 Å². The van der Waals surface area contributed by atoms with Crippen LogP contribution in [0.15, 0.2) is 36.8 Å². The third-order valence-electron chi connectivity index (χ3n) is 2.94. The maximum Gasteiger partial charge on any atom is 0.142 e. The highest BCUT2D eigenvalue weighted by molar-refractivity contribution is 5.63. The van der Waals surface area contributed by atoms with E-state index in [1.807, 2.05) is 24.3 Å². The molecular formula is C14H12FN3. The lowest BCUT2D eigenvalue weighted by molar-refractivity contribution is 0.622. The fraction of sp³-hybridized carbons (Fsp3) is 0.143. The first kappa shape index (κ1) is 10.9. The molecule has 90 valence electrons. The van der Waals surface area contributed by atoms with Gasteiger partial charge in [0.15, 0.2) is 0 Å². The van der Waals surface area contributed by atoms with Crippen molar-refractivity contribution in [1.82, 2.24) is 14.4 Å². The smallest absolute Gasteiger partial charge is 0.142 e. The van der Waals surface area contributed by atoms with E-state index in [4.69, 9.17) is 0 Å². The van der Waals surface area contributed by atoms with Crippen molar-refractivity contribution in [3.05, 3.63) is 53.9 Å². The Morgan fingerprint density at radius 3 is 2.67 bits per heavy atom. The van der Waals surface area contributed by atoms with Gasteiger partial charge >= 0.3 is 0 Å². The highest BCUT2D eigenvalue weighted by Crippen LogP contribution is 2.22. The Balaban J connectivity index is 2.31. The van der Waals surface area contributed by atoms with Crippen LogP contribution < -0.4 is 0 Å². The molecule has 0 saturated carbocycles. The van der Waals surface area contributed by atoms with Gasteiger partial charge in [-0.05, 0) is 37.6 Å². The van der Waals surface area contributed by atoms with Crippen molar-refractivity contribution in [3.63, 3.8) is 0 Å². The Hall–Kier alpha value is -2.23. The fourth-order valence-electron chi connectivity index (χ4n) is 2.23. The first-order valence-corrected chi connectivity index (χ1v) is 5.71. The lowest BCUT2D eigenvalue weighted by atomic mass is 10.2. The van der Waals surface area contributed by atoms with Crippen LogP contribution in [-0.4, -0.2) is 14.4 Å². The summed E-state index contributed by atoms with van der Waals surface area (Å²) in [5, 5.41) is 0. The number of halogens is 1. The van der Waals surface area contributed by atoms with Gasteiger partial charge in [-0.15, -0.1) is 0 Å². The van der Waals surface area contributed by atoms with E-state index in [-0.39, 0.29) is 5.82 Å². The summed E-state index contributed by atoms with van der Waals surface area (Å²) in [7, 11) is 0. The number of aryl methyl sites for hydroxylation is 2. The first-order valence-electron chi connectivity index (χ1n) is 5.71. The van der Waals surface area contributed by atoms with Gasteiger partial charge in [-0.25, -0.2) is 9.37 Å². The number of nitrogens with zero attached hydrogens (tertiary/aromatic N) is 3. The van der Waals surface area contributed by atoms with Crippen LogP contribution in [-0.2, 0) is 0 Å². The summed E-state index contributed by atoms with van der Waals surface area (Å²) < 4.78 is 15.2. The minimum Gasteiger partial charge on any atom is -0.297 e. The Labute approximate surface area is 104 Å². The van der Waals surface area contributed by atoms with Crippen molar-refractivity contribution >= 4 is 5.65 Å². The van der Waals surface area contributed by atoms with Crippen LogP contribution in [0.4, 0.5) is 4.39 Å². The molecule has 0 bridgehead atoms. The normalized spacial score (nSPS) is 11.1. The van der Waals surface area contributed by atoms with Crippen molar-refractivity contribution in [3.8, 4) is 11.3 Å². The van der Waals surface area contributed by atoms with E-state index < -0.39 is 0 Å². The Kier molecular flexibility index (Phi) is 2.37. The second-order valence-corrected chi connectivity index (χ2v) is 4.40. The number of hydrogen-bond acceptors (Lipinski definition) is 2. The predicted octanol–water partition coefficient (Wildman–Crippen LogP) is 3.15. The summed E-state index contributed by atoms with van der Waals surface area (Å²) in [6, 6.07) is 5.55.